The maximum Gasteiger partial charge on any atom is 0.242 e. The molecule has 5 nitrogen and oxygen atoms in total. The summed E-state index contributed by atoms with van der Waals surface area (Å²) < 4.78 is 5.76. The van der Waals surface area contributed by atoms with Crippen LogP contribution in [0.25, 0.3) is 0 Å². The molecule has 0 aromatic heterocycles. The Morgan fingerprint density at radius 1 is 1.06 bits per heavy atom. The Kier molecular flexibility index (Phi) is 10.1. The van der Waals surface area contributed by atoms with Crippen LogP contribution in [0.15, 0.2) is 42.5 Å². The van der Waals surface area contributed by atoms with Gasteiger partial charge in [0.05, 0.1) is 6.61 Å². The largest absolute Gasteiger partial charge is 0.494 e. The molecule has 1 aliphatic rings. The molecule has 0 spiro atoms. The second-order valence-electron chi connectivity index (χ2n) is 9.01. The first-order chi connectivity index (χ1) is 16.3. The van der Waals surface area contributed by atoms with Crippen molar-refractivity contribution in [1.82, 2.24) is 10.2 Å². The van der Waals surface area contributed by atoms with Crippen molar-refractivity contribution in [2.24, 2.45) is 0 Å². The van der Waals surface area contributed by atoms with Gasteiger partial charge in [-0.25, -0.2) is 0 Å². The Bertz CT molecular complexity index is 939. The molecule has 0 heterocycles. The van der Waals surface area contributed by atoms with Crippen LogP contribution in [0.4, 0.5) is 0 Å². The normalized spacial score (nSPS) is 14.9. The Morgan fingerprint density at radius 2 is 1.71 bits per heavy atom. The van der Waals surface area contributed by atoms with Crippen LogP contribution in [0.3, 0.4) is 0 Å². The summed E-state index contributed by atoms with van der Waals surface area (Å²) in [4.78, 5) is 27.9. The lowest BCUT2D eigenvalue weighted by Gasteiger charge is -2.31. The zero-order chi connectivity index (χ0) is 24.5. The molecule has 34 heavy (non-hydrogen) atoms. The molecule has 0 radical (unpaired) electrons. The van der Waals surface area contributed by atoms with Gasteiger partial charge in [0.25, 0.3) is 0 Å². The topological polar surface area (TPSA) is 58.6 Å². The molecule has 0 bridgehead atoms. The van der Waals surface area contributed by atoms with E-state index in [1.165, 1.54) is 6.42 Å². The standard InChI is InChI=1S/C27H34Cl2N2O3/c1-19-13-15-22(16-14-19)34-17-7-12-26(32)31(18-23-24(28)10-6-11-25(23)29)20(2)27(33)30-21-8-4-3-5-9-21/h6,10-11,13-16,20-21H,3-5,7-9,12,17-18H2,1-2H3,(H,30,33)/t20-/m1/s1. The Labute approximate surface area is 212 Å². The lowest BCUT2D eigenvalue weighted by molar-refractivity contribution is -0.141. The maximum atomic E-state index is 13.3. The third kappa shape index (κ3) is 7.64. The number of amides is 2. The molecule has 2 amide bonds. The van der Waals surface area contributed by atoms with Gasteiger partial charge in [-0.05, 0) is 57.4 Å². The number of benzene rings is 2. The van der Waals surface area contributed by atoms with Crippen molar-refractivity contribution in [2.75, 3.05) is 6.61 Å². The number of carbonyl (C=O) groups is 2. The number of ether oxygens (including phenoxy) is 1. The summed E-state index contributed by atoms with van der Waals surface area (Å²) in [7, 11) is 0. The van der Waals surface area contributed by atoms with Crippen LogP contribution in [0, 0.1) is 6.92 Å². The zero-order valence-electron chi connectivity index (χ0n) is 20.0. The van der Waals surface area contributed by atoms with E-state index in [1.54, 1.807) is 30.0 Å². The molecular formula is C27H34Cl2N2O3. The summed E-state index contributed by atoms with van der Waals surface area (Å²) in [6.45, 7) is 4.38. The van der Waals surface area contributed by atoms with E-state index in [-0.39, 0.29) is 30.8 Å². The van der Waals surface area contributed by atoms with E-state index in [9.17, 15) is 9.59 Å². The number of nitrogens with one attached hydrogen (secondary N) is 1. The highest BCUT2D eigenvalue weighted by molar-refractivity contribution is 6.36. The van der Waals surface area contributed by atoms with E-state index in [0.29, 0.717) is 28.6 Å². The van der Waals surface area contributed by atoms with Crippen molar-refractivity contribution in [3.8, 4) is 5.75 Å². The lowest BCUT2D eigenvalue weighted by atomic mass is 9.95. The zero-order valence-corrected chi connectivity index (χ0v) is 21.5. The number of aryl methyl sites for hydroxylation is 1. The van der Waals surface area contributed by atoms with Crippen LogP contribution in [-0.4, -0.2) is 35.4 Å². The van der Waals surface area contributed by atoms with Crippen LogP contribution in [0.1, 0.15) is 63.0 Å². The predicted molar refractivity (Wildman–Crippen MR) is 137 cm³/mol. The van der Waals surface area contributed by atoms with Gasteiger partial charge in [0, 0.05) is 34.6 Å². The fourth-order valence-corrected chi connectivity index (χ4v) is 4.71. The minimum absolute atomic E-state index is 0.130. The Balaban J connectivity index is 1.64. The van der Waals surface area contributed by atoms with Crippen LogP contribution < -0.4 is 10.1 Å². The smallest absolute Gasteiger partial charge is 0.242 e. The number of carbonyl (C=O) groups excluding carboxylic acids is 2. The van der Waals surface area contributed by atoms with E-state index in [1.807, 2.05) is 31.2 Å². The molecule has 3 rings (SSSR count). The molecule has 1 N–H and O–H groups in total. The summed E-state index contributed by atoms with van der Waals surface area (Å²) >= 11 is 12.8. The van der Waals surface area contributed by atoms with Gasteiger partial charge in [0.2, 0.25) is 11.8 Å². The van der Waals surface area contributed by atoms with Crippen molar-refractivity contribution < 1.29 is 14.3 Å². The summed E-state index contributed by atoms with van der Waals surface area (Å²) in [6.07, 6.45) is 6.22. The number of halogens is 2. The first-order valence-electron chi connectivity index (χ1n) is 12.1. The quantitative estimate of drug-likeness (QED) is 0.384. The van der Waals surface area contributed by atoms with Crippen molar-refractivity contribution in [3.05, 3.63) is 63.6 Å². The van der Waals surface area contributed by atoms with Crippen molar-refractivity contribution >= 4 is 35.0 Å². The van der Waals surface area contributed by atoms with Gasteiger partial charge in [0.15, 0.2) is 0 Å². The molecule has 1 fully saturated rings. The van der Waals surface area contributed by atoms with Crippen molar-refractivity contribution in [2.45, 2.75) is 77.4 Å². The fraction of sp³-hybridized carbons (Fsp3) is 0.481. The third-order valence-electron chi connectivity index (χ3n) is 6.33. The molecule has 0 unspecified atom stereocenters. The van der Waals surface area contributed by atoms with Gasteiger partial charge in [-0.3, -0.25) is 9.59 Å². The molecule has 1 aliphatic carbocycles. The van der Waals surface area contributed by atoms with Gasteiger partial charge in [-0.1, -0.05) is 66.2 Å². The fourth-order valence-electron chi connectivity index (χ4n) is 4.20. The van der Waals surface area contributed by atoms with Crippen molar-refractivity contribution in [1.29, 1.82) is 0 Å². The van der Waals surface area contributed by atoms with Gasteiger partial charge < -0.3 is 15.0 Å². The first-order valence-corrected chi connectivity index (χ1v) is 12.8. The average molecular weight is 505 g/mol. The molecule has 1 saturated carbocycles. The Morgan fingerprint density at radius 3 is 2.35 bits per heavy atom. The minimum atomic E-state index is -0.639. The molecule has 0 aliphatic heterocycles. The van der Waals surface area contributed by atoms with Crippen LogP contribution in [-0.2, 0) is 16.1 Å². The van der Waals surface area contributed by atoms with E-state index in [2.05, 4.69) is 5.32 Å². The van der Waals surface area contributed by atoms with Gasteiger partial charge in [0.1, 0.15) is 11.8 Å². The summed E-state index contributed by atoms with van der Waals surface area (Å²) in [6, 6.07) is 12.6. The van der Waals surface area contributed by atoms with Gasteiger partial charge >= 0.3 is 0 Å². The summed E-state index contributed by atoms with van der Waals surface area (Å²) in [5, 5.41) is 4.10. The molecule has 0 saturated heterocycles. The number of hydrogen-bond donors (Lipinski definition) is 1. The van der Waals surface area contributed by atoms with E-state index in [0.717, 1.165) is 37.0 Å². The van der Waals surface area contributed by atoms with E-state index in [4.69, 9.17) is 27.9 Å². The highest BCUT2D eigenvalue weighted by Gasteiger charge is 2.28. The van der Waals surface area contributed by atoms with Crippen LogP contribution in [0.5, 0.6) is 5.75 Å². The highest BCUT2D eigenvalue weighted by atomic mass is 35.5. The lowest BCUT2D eigenvalue weighted by Crippen LogP contribution is -2.50. The number of hydrogen-bond acceptors (Lipinski definition) is 3. The highest BCUT2D eigenvalue weighted by Crippen LogP contribution is 2.27. The van der Waals surface area contributed by atoms with Gasteiger partial charge in [-0.2, -0.15) is 0 Å². The molecular weight excluding hydrogens is 471 g/mol. The van der Waals surface area contributed by atoms with Crippen LogP contribution in [0.2, 0.25) is 10.0 Å². The van der Waals surface area contributed by atoms with E-state index < -0.39 is 6.04 Å². The number of rotatable bonds is 10. The Hall–Kier alpha value is -2.24. The minimum Gasteiger partial charge on any atom is -0.494 e. The molecule has 2 aromatic rings. The van der Waals surface area contributed by atoms with Crippen molar-refractivity contribution in [3.63, 3.8) is 0 Å². The molecule has 1 atom stereocenters. The first kappa shape index (κ1) is 26.4. The SMILES string of the molecule is Cc1ccc(OCCCC(=O)N(Cc2c(Cl)cccc2Cl)[C@H](C)C(=O)NC2CCCCC2)cc1. The average Bonchev–Trinajstić information content (AvgIpc) is 2.83. The maximum absolute atomic E-state index is 13.3. The van der Waals surface area contributed by atoms with Gasteiger partial charge in [-0.15, -0.1) is 0 Å². The third-order valence-corrected chi connectivity index (χ3v) is 7.04. The molecule has 184 valence electrons. The molecule has 7 heteroatoms. The van der Waals surface area contributed by atoms with E-state index >= 15 is 0 Å². The summed E-state index contributed by atoms with van der Waals surface area (Å²) in [5.41, 5.74) is 1.81. The summed E-state index contributed by atoms with van der Waals surface area (Å²) in [5.74, 6) is 0.507. The second-order valence-corrected chi connectivity index (χ2v) is 9.82. The monoisotopic (exact) mass is 504 g/mol. The molecule has 2 aromatic carbocycles. The van der Waals surface area contributed by atoms with Crippen LogP contribution >= 0.6 is 23.2 Å². The second kappa shape index (κ2) is 13.0. The predicted octanol–water partition coefficient (Wildman–Crippen LogP) is 6.33. The number of nitrogens with zero attached hydrogens (tertiary/aromatic N) is 1.